The first-order valence-electron chi connectivity index (χ1n) is 3.92. The van der Waals surface area contributed by atoms with Crippen molar-refractivity contribution in [1.29, 1.82) is 0 Å². The lowest BCUT2D eigenvalue weighted by atomic mass is 10.1. The standard InChI is InChI=1S/C8H16N2/c1-7(2)10-8-3-5-9-6-4-8/h8-10H,1,3-6H2,2H3. The summed E-state index contributed by atoms with van der Waals surface area (Å²) >= 11 is 0. The molecule has 2 nitrogen and oxygen atoms in total. The van der Waals surface area contributed by atoms with Crippen molar-refractivity contribution in [2.24, 2.45) is 0 Å². The molecule has 0 radical (unpaired) electrons. The molecule has 0 aromatic rings. The Morgan fingerprint density at radius 3 is 2.60 bits per heavy atom. The molecule has 0 aromatic carbocycles. The van der Waals surface area contributed by atoms with E-state index in [1.54, 1.807) is 0 Å². The van der Waals surface area contributed by atoms with Crippen LogP contribution >= 0.6 is 0 Å². The van der Waals surface area contributed by atoms with E-state index in [-0.39, 0.29) is 0 Å². The fourth-order valence-electron chi connectivity index (χ4n) is 1.31. The minimum Gasteiger partial charge on any atom is -0.386 e. The topological polar surface area (TPSA) is 24.1 Å². The van der Waals surface area contributed by atoms with E-state index in [1.807, 2.05) is 6.92 Å². The quantitative estimate of drug-likeness (QED) is 0.594. The Bertz CT molecular complexity index is 114. The molecular formula is C8H16N2. The van der Waals surface area contributed by atoms with Gasteiger partial charge < -0.3 is 10.6 Å². The molecule has 0 saturated carbocycles. The van der Waals surface area contributed by atoms with Gasteiger partial charge in [-0.1, -0.05) is 6.58 Å². The molecule has 0 atom stereocenters. The highest BCUT2D eigenvalue weighted by atomic mass is 15.0. The Morgan fingerprint density at radius 2 is 2.10 bits per heavy atom. The van der Waals surface area contributed by atoms with E-state index in [9.17, 15) is 0 Å². The molecule has 1 aliphatic rings. The van der Waals surface area contributed by atoms with Crippen molar-refractivity contribution in [1.82, 2.24) is 10.6 Å². The van der Waals surface area contributed by atoms with Gasteiger partial charge in [-0.2, -0.15) is 0 Å². The first kappa shape index (κ1) is 7.61. The largest absolute Gasteiger partial charge is 0.386 e. The van der Waals surface area contributed by atoms with Gasteiger partial charge >= 0.3 is 0 Å². The molecule has 0 bridgehead atoms. The zero-order valence-electron chi connectivity index (χ0n) is 6.61. The second-order valence-corrected chi connectivity index (χ2v) is 2.95. The summed E-state index contributed by atoms with van der Waals surface area (Å²) in [4.78, 5) is 0. The summed E-state index contributed by atoms with van der Waals surface area (Å²) in [5, 5.41) is 6.67. The van der Waals surface area contributed by atoms with Crippen LogP contribution in [-0.4, -0.2) is 19.1 Å². The SMILES string of the molecule is C=C(C)NC1CCNCC1. The summed E-state index contributed by atoms with van der Waals surface area (Å²) in [6, 6.07) is 0.666. The van der Waals surface area contributed by atoms with E-state index in [0.29, 0.717) is 6.04 Å². The number of allylic oxidation sites excluding steroid dienone is 1. The molecule has 1 heterocycles. The van der Waals surface area contributed by atoms with Gasteiger partial charge in [-0.05, 0) is 32.9 Å². The van der Waals surface area contributed by atoms with Gasteiger partial charge in [0, 0.05) is 11.7 Å². The second-order valence-electron chi connectivity index (χ2n) is 2.95. The third kappa shape index (κ3) is 2.40. The minimum atomic E-state index is 0.666. The Kier molecular flexibility index (Phi) is 2.75. The minimum absolute atomic E-state index is 0.666. The average molecular weight is 140 g/mol. The van der Waals surface area contributed by atoms with E-state index < -0.39 is 0 Å². The maximum absolute atomic E-state index is 3.82. The molecular weight excluding hydrogens is 124 g/mol. The predicted octanol–water partition coefficient (Wildman–Crippen LogP) is 0.862. The molecule has 1 saturated heterocycles. The summed E-state index contributed by atoms with van der Waals surface area (Å²) in [6.45, 7) is 8.12. The Balaban J connectivity index is 2.19. The van der Waals surface area contributed by atoms with Gasteiger partial charge in [0.15, 0.2) is 0 Å². The highest BCUT2D eigenvalue weighted by Gasteiger charge is 2.10. The van der Waals surface area contributed by atoms with Crippen molar-refractivity contribution in [2.45, 2.75) is 25.8 Å². The number of hydrogen-bond acceptors (Lipinski definition) is 2. The first-order chi connectivity index (χ1) is 4.79. The van der Waals surface area contributed by atoms with Crippen LogP contribution < -0.4 is 10.6 Å². The van der Waals surface area contributed by atoms with Crippen LogP contribution in [-0.2, 0) is 0 Å². The maximum atomic E-state index is 3.82. The molecule has 2 N–H and O–H groups in total. The van der Waals surface area contributed by atoms with Crippen LogP contribution in [0.25, 0.3) is 0 Å². The molecule has 0 amide bonds. The van der Waals surface area contributed by atoms with Gasteiger partial charge in [-0.15, -0.1) is 0 Å². The fourth-order valence-corrected chi connectivity index (χ4v) is 1.31. The molecule has 1 rings (SSSR count). The van der Waals surface area contributed by atoms with Crippen molar-refractivity contribution in [3.63, 3.8) is 0 Å². The Hall–Kier alpha value is -0.500. The molecule has 2 heteroatoms. The molecule has 0 aliphatic carbocycles. The van der Waals surface area contributed by atoms with E-state index in [0.717, 1.165) is 18.8 Å². The zero-order chi connectivity index (χ0) is 7.40. The summed E-state index contributed by atoms with van der Waals surface area (Å²) in [5.41, 5.74) is 1.09. The van der Waals surface area contributed by atoms with Gasteiger partial charge in [-0.25, -0.2) is 0 Å². The van der Waals surface area contributed by atoms with E-state index in [2.05, 4.69) is 17.2 Å². The molecule has 58 valence electrons. The van der Waals surface area contributed by atoms with Crippen LogP contribution in [0.4, 0.5) is 0 Å². The lowest BCUT2D eigenvalue weighted by Crippen LogP contribution is -2.38. The second kappa shape index (κ2) is 3.62. The highest BCUT2D eigenvalue weighted by molar-refractivity contribution is 4.90. The number of hydrogen-bond donors (Lipinski definition) is 2. The van der Waals surface area contributed by atoms with Crippen LogP contribution in [0.5, 0.6) is 0 Å². The van der Waals surface area contributed by atoms with E-state index in [4.69, 9.17) is 0 Å². The number of nitrogens with one attached hydrogen (secondary N) is 2. The first-order valence-corrected chi connectivity index (χ1v) is 3.92. The molecule has 1 fully saturated rings. The third-order valence-electron chi connectivity index (χ3n) is 1.79. The van der Waals surface area contributed by atoms with Gasteiger partial charge in [-0.3, -0.25) is 0 Å². The zero-order valence-corrected chi connectivity index (χ0v) is 6.61. The predicted molar refractivity (Wildman–Crippen MR) is 43.8 cm³/mol. The molecule has 0 unspecified atom stereocenters. The lowest BCUT2D eigenvalue weighted by Gasteiger charge is -2.24. The van der Waals surface area contributed by atoms with Crippen molar-refractivity contribution < 1.29 is 0 Å². The van der Waals surface area contributed by atoms with Crippen LogP contribution in [0.2, 0.25) is 0 Å². The highest BCUT2D eigenvalue weighted by Crippen LogP contribution is 2.02. The van der Waals surface area contributed by atoms with Gasteiger partial charge in [0.1, 0.15) is 0 Å². The summed E-state index contributed by atoms with van der Waals surface area (Å²) in [7, 11) is 0. The van der Waals surface area contributed by atoms with Gasteiger partial charge in [0.2, 0.25) is 0 Å². The van der Waals surface area contributed by atoms with Crippen LogP contribution in [0.15, 0.2) is 12.3 Å². The average Bonchev–Trinajstić information content (AvgIpc) is 1.88. The molecule has 0 aromatic heterocycles. The van der Waals surface area contributed by atoms with Gasteiger partial charge in [0.05, 0.1) is 0 Å². The van der Waals surface area contributed by atoms with Crippen molar-refractivity contribution in [2.75, 3.05) is 13.1 Å². The van der Waals surface area contributed by atoms with Crippen LogP contribution in [0, 0.1) is 0 Å². The van der Waals surface area contributed by atoms with Crippen molar-refractivity contribution in [3.8, 4) is 0 Å². The summed E-state index contributed by atoms with van der Waals surface area (Å²) in [6.07, 6.45) is 2.46. The number of piperidine rings is 1. The van der Waals surface area contributed by atoms with Crippen LogP contribution in [0.3, 0.4) is 0 Å². The van der Waals surface area contributed by atoms with Gasteiger partial charge in [0.25, 0.3) is 0 Å². The normalized spacial score (nSPS) is 20.5. The van der Waals surface area contributed by atoms with E-state index in [1.165, 1.54) is 12.8 Å². The van der Waals surface area contributed by atoms with E-state index >= 15 is 0 Å². The Labute approximate surface area is 62.7 Å². The maximum Gasteiger partial charge on any atom is 0.0282 e. The molecule has 10 heavy (non-hydrogen) atoms. The Morgan fingerprint density at radius 1 is 1.50 bits per heavy atom. The lowest BCUT2D eigenvalue weighted by molar-refractivity contribution is 0.412. The molecule has 1 aliphatic heterocycles. The monoisotopic (exact) mass is 140 g/mol. The molecule has 0 spiro atoms. The van der Waals surface area contributed by atoms with Crippen molar-refractivity contribution >= 4 is 0 Å². The third-order valence-corrected chi connectivity index (χ3v) is 1.79. The summed E-state index contributed by atoms with van der Waals surface area (Å²) in [5.74, 6) is 0. The van der Waals surface area contributed by atoms with Crippen LogP contribution in [0.1, 0.15) is 19.8 Å². The fraction of sp³-hybridized carbons (Fsp3) is 0.750. The van der Waals surface area contributed by atoms with Crippen molar-refractivity contribution in [3.05, 3.63) is 12.3 Å². The summed E-state index contributed by atoms with van der Waals surface area (Å²) < 4.78 is 0. The number of rotatable bonds is 2. The smallest absolute Gasteiger partial charge is 0.0282 e.